The molecule has 1 rings (SSSR count). The molecule has 5 heteroatoms. The highest BCUT2D eigenvalue weighted by Gasteiger charge is 2.19. The highest BCUT2D eigenvalue weighted by atomic mass is 16.7. The van der Waals surface area contributed by atoms with Crippen molar-refractivity contribution in [2.45, 2.75) is 13.8 Å². The Bertz CT molecular complexity index is 338. The van der Waals surface area contributed by atoms with Crippen LogP contribution >= 0.6 is 0 Å². The molecule has 4 nitrogen and oxygen atoms in total. The average molecular weight is 210 g/mol. The van der Waals surface area contributed by atoms with E-state index in [-0.39, 0.29) is 6.79 Å². The first-order valence-electron chi connectivity index (χ1n) is 4.65. The Morgan fingerprint density at radius 1 is 1.27 bits per heavy atom. The van der Waals surface area contributed by atoms with Crippen molar-refractivity contribution in [3.05, 3.63) is 23.3 Å². The van der Waals surface area contributed by atoms with E-state index in [2.05, 4.69) is 0 Å². The molecule has 0 aliphatic rings. The standard InChI is InChI=1S/C10H15BO4/c1-7-4-8(2)10(15-6-14-3)9(5-7)11(12)13/h4-5,12-13H,6H2,1-3H3. The molecule has 1 aromatic rings. The number of rotatable bonds is 4. The summed E-state index contributed by atoms with van der Waals surface area (Å²) in [5.41, 5.74) is 2.18. The number of hydrogen-bond donors (Lipinski definition) is 2. The molecule has 0 aromatic heterocycles. The maximum absolute atomic E-state index is 9.19. The van der Waals surface area contributed by atoms with Gasteiger partial charge >= 0.3 is 7.12 Å². The molecule has 0 radical (unpaired) electrons. The molecule has 82 valence electrons. The first-order chi connectivity index (χ1) is 7.06. The molecule has 0 amide bonds. The van der Waals surface area contributed by atoms with Crippen LogP contribution in [-0.2, 0) is 4.74 Å². The summed E-state index contributed by atoms with van der Waals surface area (Å²) in [7, 11) is -0.0195. The second kappa shape index (κ2) is 5.16. The fourth-order valence-electron chi connectivity index (χ4n) is 1.49. The summed E-state index contributed by atoms with van der Waals surface area (Å²) in [4.78, 5) is 0. The van der Waals surface area contributed by atoms with Crippen LogP contribution in [0.3, 0.4) is 0 Å². The summed E-state index contributed by atoms with van der Waals surface area (Å²) in [6.07, 6.45) is 0. The molecule has 2 N–H and O–H groups in total. The fraction of sp³-hybridized carbons (Fsp3) is 0.400. The van der Waals surface area contributed by atoms with E-state index in [0.717, 1.165) is 11.1 Å². The number of ether oxygens (including phenoxy) is 2. The van der Waals surface area contributed by atoms with Crippen LogP contribution in [0, 0.1) is 13.8 Å². The number of aryl methyl sites for hydroxylation is 2. The van der Waals surface area contributed by atoms with Crippen LogP contribution in [0.5, 0.6) is 5.75 Å². The van der Waals surface area contributed by atoms with Crippen molar-refractivity contribution in [1.82, 2.24) is 0 Å². The molecule has 0 fully saturated rings. The Hall–Kier alpha value is -1.04. The van der Waals surface area contributed by atoms with Crippen LogP contribution in [0.25, 0.3) is 0 Å². The zero-order valence-electron chi connectivity index (χ0n) is 9.15. The lowest BCUT2D eigenvalue weighted by atomic mass is 9.78. The predicted molar refractivity (Wildman–Crippen MR) is 58.2 cm³/mol. The molecule has 0 saturated carbocycles. The van der Waals surface area contributed by atoms with Gasteiger partial charge in [0.1, 0.15) is 5.75 Å². The summed E-state index contributed by atoms with van der Waals surface area (Å²) in [5.74, 6) is 0.470. The highest BCUT2D eigenvalue weighted by Crippen LogP contribution is 2.17. The van der Waals surface area contributed by atoms with Gasteiger partial charge in [-0.3, -0.25) is 0 Å². The largest absolute Gasteiger partial charge is 0.492 e. The third-order valence-corrected chi connectivity index (χ3v) is 2.05. The highest BCUT2D eigenvalue weighted by molar-refractivity contribution is 6.59. The minimum atomic E-state index is -1.53. The van der Waals surface area contributed by atoms with Gasteiger partial charge in [-0.05, 0) is 19.4 Å². The van der Waals surface area contributed by atoms with Crippen LogP contribution in [0.2, 0.25) is 0 Å². The van der Waals surface area contributed by atoms with Crippen molar-refractivity contribution in [3.63, 3.8) is 0 Å². The van der Waals surface area contributed by atoms with E-state index in [9.17, 15) is 10.0 Å². The first kappa shape index (κ1) is 12.0. The molecule has 0 unspecified atom stereocenters. The zero-order chi connectivity index (χ0) is 11.4. The Labute approximate surface area is 89.6 Å². The average Bonchev–Trinajstić information content (AvgIpc) is 2.15. The van der Waals surface area contributed by atoms with Gasteiger partial charge in [-0.2, -0.15) is 0 Å². The quantitative estimate of drug-likeness (QED) is 0.541. The molecule has 0 saturated heterocycles. The van der Waals surface area contributed by atoms with Gasteiger partial charge in [-0.1, -0.05) is 17.7 Å². The molecule has 0 atom stereocenters. The van der Waals surface area contributed by atoms with Gasteiger partial charge < -0.3 is 19.5 Å². The summed E-state index contributed by atoms with van der Waals surface area (Å²) in [5, 5.41) is 18.4. The number of benzene rings is 1. The molecule has 15 heavy (non-hydrogen) atoms. The van der Waals surface area contributed by atoms with Gasteiger partial charge in [0.25, 0.3) is 0 Å². The molecular formula is C10H15BO4. The van der Waals surface area contributed by atoms with Crippen molar-refractivity contribution in [2.75, 3.05) is 13.9 Å². The van der Waals surface area contributed by atoms with E-state index >= 15 is 0 Å². The van der Waals surface area contributed by atoms with Gasteiger partial charge in [0.2, 0.25) is 0 Å². The van der Waals surface area contributed by atoms with E-state index in [1.807, 2.05) is 19.9 Å². The van der Waals surface area contributed by atoms with Crippen LogP contribution in [0.15, 0.2) is 12.1 Å². The maximum atomic E-state index is 9.19. The van der Waals surface area contributed by atoms with Gasteiger partial charge in [0.05, 0.1) is 0 Å². The second-order valence-electron chi connectivity index (χ2n) is 3.42. The van der Waals surface area contributed by atoms with E-state index in [1.54, 1.807) is 6.07 Å². The Morgan fingerprint density at radius 2 is 1.93 bits per heavy atom. The molecule has 1 aromatic carbocycles. The van der Waals surface area contributed by atoms with E-state index in [4.69, 9.17) is 9.47 Å². The van der Waals surface area contributed by atoms with Crippen LogP contribution in [-0.4, -0.2) is 31.1 Å². The number of hydrogen-bond acceptors (Lipinski definition) is 4. The van der Waals surface area contributed by atoms with Gasteiger partial charge in [0.15, 0.2) is 6.79 Å². The smallest absolute Gasteiger partial charge is 0.468 e. The number of methoxy groups -OCH3 is 1. The van der Waals surface area contributed by atoms with E-state index in [0.29, 0.717) is 11.2 Å². The van der Waals surface area contributed by atoms with Crippen molar-refractivity contribution in [2.24, 2.45) is 0 Å². The maximum Gasteiger partial charge on any atom is 0.492 e. The second-order valence-corrected chi connectivity index (χ2v) is 3.42. The SMILES string of the molecule is COCOc1c(C)cc(C)cc1B(O)O. The molecule has 0 bridgehead atoms. The van der Waals surface area contributed by atoms with Crippen molar-refractivity contribution >= 4 is 12.6 Å². The van der Waals surface area contributed by atoms with Crippen molar-refractivity contribution in [3.8, 4) is 5.75 Å². The van der Waals surface area contributed by atoms with Crippen LogP contribution in [0.1, 0.15) is 11.1 Å². The summed E-state index contributed by atoms with van der Waals surface area (Å²) in [6.45, 7) is 3.83. The van der Waals surface area contributed by atoms with Crippen molar-refractivity contribution in [1.29, 1.82) is 0 Å². The Balaban J connectivity index is 3.09. The monoisotopic (exact) mass is 210 g/mol. The Morgan fingerprint density at radius 3 is 2.47 bits per heavy atom. The lowest BCUT2D eigenvalue weighted by Crippen LogP contribution is -2.32. The summed E-state index contributed by atoms with van der Waals surface area (Å²) in [6, 6.07) is 3.60. The summed E-state index contributed by atoms with van der Waals surface area (Å²) < 4.78 is 10.1. The fourth-order valence-corrected chi connectivity index (χ4v) is 1.49. The topological polar surface area (TPSA) is 58.9 Å². The van der Waals surface area contributed by atoms with Crippen LogP contribution < -0.4 is 10.2 Å². The first-order valence-corrected chi connectivity index (χ1v) is 4.65. The lowest BCUT2D eigenvalue weighted by Gasteiger charge is -2.14. The molecule has 0 aliphatic heterocycles. The molecule has 0 aliphatic carbocycles. The van der Waals surface area contributed by atoms with Crippen molar-refractivity contribution < 1.29 is 19.5 Å². The van der Waals surface area contributed by atoms with Crippen LogP contribution in [0.4, 0.5) is 0 Å². The minimum Gasteiger partial charge on any atom is -0.468 e. The predicted octanol–water partition coefficient (Wildman–Crippen LogP) is -0.0341. The normalized spacial score (nSPS) is 10.2. The minimum absolute atomic E-state index is 0.0869. The van der Waals surface area contributed by atoms with E-state index < -0.39 is 7.12 Å². The lowest BCUT2D eigenvalue weighted by molar-refractivity contribution is 0.0512. The van der Waals surface area contributed by atoms with E-state index in [1.165, 1.54) is 7.11 Å². The van der Waals surface area contributed by atoms with Gasteiger partial charge in [0, 0.05) is 12.6 Å². The van der Waals surface area contributed by atoms with Gasteiger partial charge in [-0.25, -0.2) is 0 Å². The Kier molecular flexibility index (Phi) is 4.14. The molecule has 0 spiro atoms. The molecule has 0 heterocycles. The van der Waals surface area contributed by atoms with Gasteiger partial charge in [-0.15, -0.1) is 0 Å². The summed E-state index contributed by atoms with van der Waals surface area (Å²) >= 11 is 0. The third kappa shape index (κ3) is 2.96. The molecular weight excluding hydrogens is 195 g/mol. The third-order valence-electron chi connectivity index (χ3n) is 2.05. The zero-order valence-corrected chi connectivity index (χ0v) is 9.15.